The van der Waals surface area contributed by atoms with Crippen LogP contribution in [0.1, 0.15) is 5.56 Å². The van der Waals surface area contributed by atoms with Crippen molar-refractivity contribution in [2.75, 3.05) is 37.9 Å². The number of fused-ring (bicyclic) bond motifs is 1. The van der Waals surface area contributed by atoms with E-state index in [1.165, 1.54) is 0 Å². The Morgan fingerprint density at radius 3 is 2.43 bits per heavy atom. The molecule has 7 heteroatoms. The fourth-order valence-electron chi connectivity index (χ4n) is 3.77. The Kier molecular flexibility index (Phi) is 4.93. The molecule has 1 fully saturated rings. The Morgan fingerprint density at radius 1 is 0.867 bits per heavy atom. The molecule has 152 valence electrons. The largest absolute Gasteiger partial charge is 0.454 e. The maximum absolute atomic E-state index is 12.6. The van der Waals surface area contributed by atoms with E-state index in [0.717, 1.165) is 47.2 Å². The summed E-state index contributed by atoms with van der Waals surface area (Å²) in [4.78, 5) is 16.7. The van der Waals surface area contributed by atoms with Gasteiger partial charge in [0, 0.05) is 31.7 Å². The summed E-state index contributed by atoms with van der Waals surface area (Å²) in [6.07, 6.45) is 0.449. The molecule has 0 N–H and O–H groups in total. The third-order valence-corrected chi connectivity index (χ3v) is 5.47. The Morgan fingerprint density at radius 2 is 1.67 bits per heavy atom. The monoisotopic (exact) mass is 402 g/mol. The van der Waals surface area contributed by atoms with Crippen molar-refractivity contribution < 1.29 is 14.3 Å². The van der Waals surface area contributed by atoms with E-state index in [-0.39, 0.29) is 12.7 Å². The van der Waals surface area contributed by atoms with Crippen LogP contribution >= 0.6 is 0 Å². The molecule has 7 nitrogen and oxygen atoms in total. The number of hydrogen-bond acceptors (Lipinski definition) is 6. The highest BCUT2D eigenvalue weighted by molar-refractivity contribution is 5.79. The van der Waals surface area contributed by atoms with Crippen LogP contribution in [0.3, 0.4) is 0 Å². The molecule has 5 rings (SSSR count). The molecule has 1 saturated heterocycles. The van der Waals surface area contributed by atoms with E-state index in [1.54, 1.807) is 0 Å². The van der Waals surface area contributed by atoms with Crippen molar-refractivity contribution in [2.24, 2.45) is 0 Å². The fraction of sp³-hybridized carbons (Fsp3) is 0.261. The Balaban J connectivity index is 1.20. The number of amides is 1. The second-order valence-corrected chi connectivity index (χ2v) is 7.38. The van der Waals surface area contributed by atoms with E-state index in [0.29, 0.717) is 19.5 Å². The number of piperazine rings is 1. The number of hydrogen-bond donors (Lipinski definition) is 0. The molecular formula is C23H22N4O3. The van der Waals surface area contributed by atoms with Gasteiger partial charge in [0.25, 0.3) is 0 Å². The Bertz CT molecular complexity index is 1030. The van der Waals surface area contributed by atoms with Crippen LogP contribution < -0.4 is 14.4 Å². The molecule has 2 aliphatic rings. The number of aromatic nitrogens is 2. The second-order valence-electron chi connectivity index (χ2n) is 7.38. The fourth-order valence-corrected chi connectivity index (χ4v) is 3.77. The quantitative estimate of drug-likeness (QED) is 0.669. The maximum Gasteiger partial charge on any atom is 0.231 e. The predicted octanol–water partition coefficient (Wildman–Crippen LogP) is 2.76. The number of carbonyl (C=O) groups is 1. The highest BCUT2D eigenvalue weighted by Crippen LogP contribution is 2.35. The lowest BCUT2D eigenvalue weighted by molar-refractivity contribution is -0.130. The third kappa shape index (κ3) is 3.78. The van der Waals surface area contributed by atoms with E-state index in [2.05, 4.69) is 15.1 Å². The van der Waals surface area contributed by atoms with Crippen LogP contribution in [0.4, 0.5) is 5.82 Å². The molecule has 0 radical (unpaired) electrons. The number of rotatable bonds is 4. The second kappa shape index (κ2) is 8.02. The van der Waals surface area contributed by atoms with Gasteiger partial charge in [-0.25, -0.2) is 0 Å². The molecule has 0 saturated carbocycles. The summed E-state index contributed by atoms with van der Waals surface area (Å²) in [6, 6.07) is 19.6. The van der Waals surface area contributed by atoms with Gasteiger partial charge < -0.3 is 19.3 Å². The summed E-state index contributed by atoms with van der Waals surface area (Å²) in [7, 11) is 0. The van der Waals surface area contributed by atoms with Crippen molar-refractivity contribution in [1.29, 1.82) is 0 Å². The zero-order valence-corrected chi connectivity index (χ0v) is 16.5. The lowest BCUT2D eigenvalue weighted by Gasteiger charge is -2.35. The van der Waals surface area contributed by atoms with E-state index in [1.807, 2.05) is 65.6 Å². The molecule has 0 bridgehead atoms. The van der Waals surface area contributed by atoms with Crippen LogP contribution in [0.25, 0.3) is 11.3 Å². The van der Waals surface area contributed by atoms with Crippen LogP contribution in [0.15, 0.2) is 60.7 Å². The summed E-state index contributed by atoms with van der Waals surface area (Å²) in [5.41, 5.74) is 2.78. The summed E-state index contributed by atoms with van der Waals surface area (Å²) >= 11 is 0. The number of anilines is 1. The van der Waals surface area contributed by atoms with Crippen LogP contribution in [0, 0.1) is 0 Å². The molecular weight excluding hydrogens is 380 g/mol. The molecule has 2 aliphatic heterocycles. The minimum Gasteiger partial charge on any atom is -0.454 e. The van der Waals surface area contributed by atoms with Crippen LogP contribution in [-0.2, 0) is 11.2 Å². The van der Waals surface area contributed by atoms with Crippen molar-refractivity contribution in [1.82, 2.24) is 15.1 Å². The number of benzene rings is 2. The maximum atomic E-state index is 12.6. The normalized spacial score (nSPS) is 15.3. The Hall–Kier alpha value is -3.61. The predicted molar refractivity (Wildman–Crippen MR) is 113 cm³/mol. The number of ether oxygens (including phenoxy) is 2. The van der Waals surface area contributed by atoms with Crippen LogP contribution in [-0.4, -0.2) is 54.0 Å². The van der Waals surface area contributed by atoms with Gasteiger partial charge in [-0.3, -0.25) is 4.79 Å². The van der Waals surface area contributed by atoms with E-state index < -0.39 is 0 Å². The first-order chi connectivity index (χ1) is 14.8. The highest BCUT2D eigenvalue weighted by atomic mass is 16.7. The van der Waals surface area contributed by atoms with Crippen molar-refractivity contribution >= 4 is 11.7 Å². The van der Waals surface area contributed by atoms with Gasteiger partial charge in [0.15, 0.2) is 17.3 Å². The van der Waals surface area contributed by atoms with Gasteiger partial charge in [0.2, 0.25) is 12.7 Å². The topological polar surface area (TPSA) is 67.8 Å². The first-order valence-electron chi connectivity index (χ1n) is 10.1. The van der Waals surface area contributed by atoms with Crippen molar-refractivity contribution in [3.63, 3.8) is 0 Å². The molecule has 30 heavy (non-hydrogen) atoms. The van der Waals surface area contributed by atoms with Gasteiger partial charge in [-0.15, -0.1) is 10.2 Å². The first kappa shape index (κ1) is 18.4. The summed E-state index contributed by atoms with van der Waals surface area (Å²) < 4.78 is 10.8. The first-order valence-corrected chi connectivity index (χ1v) is 10.1. The molecule has 3 heterocycles. The third-order valence-electron chi connectivity index (χ3n) is 5.47. The minimum atomic E-state index is 0.171. The molecule has 0 spiro atoms. The van der Waals surface area contributed by atoms with Gasteiger partial charge in [-0.2, -0.15) is 0 Å². The van der Waals surface area contributed by atoms with Crippen LogP contribution in [0.2, 0.25) is 0 Å². The van der Waals surface area contributed by atoms with E-state index in [4.69, 9.17) is 9.47 Å². The summed E-state index contributed by atoms with van der Waals surface area (Å²) in [6.45, 7) is 3.13. The van der Waals surface area contributed by atoms with Crippen molar-refractivity contribution in [2.45, 2.75) is 6.42 Å². The molecule has 0 aliphatic carbocycles. The van der Waals surface area contributed by atoms with E-state index >= 15 is 0 Å². The minimum absolute atomic E-state index is 0.171. The molecule has 0 atom stereocenters. The smallest absolute Gasteiger partial charge is 0.231 e. The SMILES string of the molecule is O=C(Cc1ccccc1)N1CCN(c2ccc(-c3ccc4c(c3)OCO4)nn2)CC1. The zero-order valence-electron chi connectivity index (χ0n) is 16.5. The van der Waals surface area contributed by atoms with Gasteiger partial charge in [-0.1, -0.05) is 30.3 Å². The average Bonchev–Trinajstić information content (AvgIpc) is 3.28. The zero-order chi connectivity index (χ0) is 20.3. The van der Waals surface area contributed by atoms with Gasteiger partial charge in [0.05, 0.1) is 12.1 Å². The van der Waals surface area contributed by atoms with Crippen molar-refractivity contribution in [3.05, 3.63) is 66.2 Å². The van der Waals surface area contributed by atoms with Gasteiger partial charge in [-0.05, 0) is 35.9 Å². The Labute approximate surface area is 174 Å². The number of carbonyl (C=O) groups excluding carboxylic acids is 1. The summed E-state index contributed by atoms with van der Waals surface area (Å²) in [5, 5.41) is 8.80. The average molecular weight is 402 g/mol. The van der Waals surface area contributed by atoms with Crippen molar-refractivity contribution in [3.8, 4) is 22.8 Å². The molecule has 3 aromatic rings. The summed E-state index contributed by atoms with van der Waals surface area (Å²) in [5.74, 6) is 2.48. The van der Waals surface area contributed by atoms with Crippen LogP contribution in [0.5, 0.6) is 11.5 Å². The lowest BCUT2D eigenvalue weighted by Crippen LogP contribution is -2.49. The highest BCUT2D eigenvalue weighted by Gasteiger charge is 2.22. The molecule has 0 unspecified atom stereocenters. The molecule has 2 aromatic carbocycles. The number of nitrogens with zero attached hydrogens (tertiary/aromatic N) is 4. The lowest BCUT2D eigenvalue weighted by atomic mass is 10.1. The van der Waals surface area contributed by atoms with E-state index in [9.17, 15) is 4.79 Å². The molecule has 1 amide bonds. The standard InChI is InChI=1S/C23H22N4O3/c28-23(14-17-4-2-1-3-5-17)27-12-10-26(11-13-27)22-9-7-19(24-25-22)18-6-8-20-21(15-18)30-16-29-20/h1-9,15H,10-14,16H2. The molecule has 1 aromatic heterocycles. The van der Waals surface area contributed by atoms with Gasteiger partial charge in [0.1, 0.15) is 0 Å². The van der Waals surface area contributed by atoms with Gasteiger partial charge >= 0.3 is 0 Å².